The van der Waals surface area contributed by atoms with Crippen LogP contribution in [0.4, 0.5) is 5.69 Å². The number of aryl methyl sites for hydroxylation is 1. The van der Waals surface area contributed by atoms with E-state index in [0.29, 0.717) is 0 Å². The number of nitrogens with zero attached hydrogens (tertiary/aromatic N) is 2. The molecule has 2 fully saturated rings. The van der Waals surface area contributed by atoms with Crippen LogP contribution in [0, 0.1) is 6.92 Å². The molecule has 0 atom stereocenters. The number of anilines is 1. The second-order valence-electron chi connectivity index (χ2n) is 6.77. The fourth-order valence-corrected chi connectivity index (χ4v) is 3.63. The average Bonchev–Trinajstić information content (AvgIpc) is 3.00. The highest BCUT2D eigenvalue weighted by Gasteiger charge is 2.33. The topological polar surface area (TPSA) is 79.2 Å². The summed E-state index contributed by atoms with van der Waals surface area (Å²) in [6, 6.07) is 4.39. The van der Waals surface area contributed by atoms with Crippen molar-refractivity contribution in [2.24, 2.45) is 5.73 Å². The summed E-state index contributed by atoms with van der Waals surface area (Å²) in [6.45, 7) is 7.41. The molecule has 0 bridgehead atoms. The number of nitrogens with two attached hydrogens (primary N) is 1. The Kier molecular flexibility index (Phi) is 3.75. The number of aromatic nitrogens is 2. The molecule has 4 N–H and O–H groups in total. The lowest BCUT2D eigenvalue weighted by Crippen LogP contribution is -2.47. The average molecular weight is 315 g/mol. The van der Waals surface area contributed by atoms with Crippen LogP contribution in [0.15, 0.2) is 12.1 Å². The molecule has 23 heavy (non-hydrogen) atoms. The van der Waals surface area contributed by atoms with Gasteiger partial charge in [-0.05, 0) is 50.6 Å². The molecule has 0 amide bonds. The number of imidazole rings is 1. The van der Waals surface area contributed by atoms with Crippen LogP contribution in [0.5, 0.6) is 0 Å². The van der Waals surface area contributed by atoms with Crippen molar-refractivity contribution in [3.63, 3.8) is 0 Å². The normalized spacial score (nSPS) is 21.7. The molecule has 2 aliphatic heterocycles. The molecule has 0 saturated carbocycles. The predicted octanol–water partition coefficient (Wildman–Crippen LogP) is 1.25. The zero-order valence-electron chi connectivity index (χ0n) is 13.7. The van der Waals surface area contributed by atoms with Crippen molar-refractivity contribution in [2.75, 3.05) is 44.3 Å². The van der Waals surface area contributed by atoms with Gasteiger partial charge in [0.15, 0.2) is 0 Å². The smallest absolute Gasteiger partial charge is 0.127 e. The third-order valence-electron chi connectivity index (χ3n) is 5.03. The van der Waals surface area contributed by atoms with Gasteiger partial charge in [0.05, 0.1) is 30.0 Å². The van der Waals surface area contributed by atoms with Crippen LogP contribution < -0.4 is 16.0 Å². The standard InChI is InChI=1S/C17H25N5O/c1-12-10-13-15(14(11-12)22-6-8-23-9-7-22)21-16(20-13)17(18)2-4-19-5-3-17/h10-11,19H,2-9,18H2,1H3,(H,20,21). The molecule has 0 unspecified atom stereocenters. The molecule has 124 valence electrons. The van der Waals surface area contributed by atoms with Gasteiger partial charge in [-0.1, -0.05) is 0 Å². The Morgan fingerprint density at radius 3 is 2.70 bits per heavy atom. The highest BCUT2D eigenvalue weighted by Crippen LogP contribution is 2.32. The van der Waals surface area contributed by atoms with Crippen LogP contribution in [-0.4, -0.2) is 49.4 Å². The van der Waals surface area contributed by atoms with Gasteiger partial charge in [0.2, 0.25) is 0 Å². The van der Waals surface area contributed by atoms with Crippen molar-refractivity contribution in [2.45, 2.75) is 25.3 Å². The molecule has 1 aromatic carbocycles. The summed E-state index contributed by atoms with van der Waals surface area (Å²) in [5.74, 6) is 0.925. The number of benzene rings is 1. The minimum absolute atomic E-state index is 0.347. The summed E-state index contributed by atoms with van der Waals surface area (Å²) in [5.41, 5.74) is 10.9. The number of nitrogens with one attached hydrogen (secondary N) is 2. The Bertz CT molecular complexity index is 698. The maximum atomic E-state index is 6.64. The van der Waals surface area contributed by atoms with Gasteiger partial charge in [-0.15, -0.1) is 0 Å². The lowest BCUT2D eigenvalue weighted by molar-refractivity contribution is 0.123. The molecule has 2 saturated heterocycles. The molecular formula is C17H25N5O. The van der Waals surface area contributed by atoms with Crippen molar-refractivity contribution in [1.82, 2.24) is 15.3 Å². The zero-order chi connectivity index (χ0) is 15.9. The zero-order valence-corrected chi connectivity index (χ0v) is 13.7. The summed E-state index contributed by atoms with van der Waals surface area (Å²) in [4.78, 5) is 10.8. The lowest BCUT2D eigenvalue weighted by atomic mass is 9.89. The minimum Gasteiger partial charge on any atom is -0.378 e. The second-order valence-corrected chi connectivity index (χ2v) is 6.77. The van der Waals surface area contributed by atoms with Crippen LogP contribution >= 0.6 is 0 Å². The molecule has 0 spiro atoms. The van der Waals surface area contributed by atoms with Gasteiger partial charge in [-0.3, -0.25) is 0 Å². The molecule has 1 aromatic heterocycles. The summed E-state index contributed by atoms with van der Waals surface area (Å²) in [7, 11) is 0. The predicted molar refractivity (Wildman–Crippen MR) is 91.8 cm³/mol. The molecule has 3 heterocycles. The van der Waals surface area contributed by atoms with Crippen LogP contribution in [0.2, 0.25) is 0 Å². The van der Waals surface area contributed by atoms with E-state index in [-0.39, 0.29) is 5.54 Å². The Hall–Kier alpha value is -1.63. The first-order valence-electron chi connectivity index (χ1n) is 8.49. The van der Waals surface area contributed by atoms with E-state index in [1.165, 1.54) is 11.3 Å². The quantitative estimate of drug-likeness (QED) is 0.777. The Labute approximate surface area is 136 Å². The molecule has 0 aliphatic carbocycles. The first-order valence-corrected chi connectivity index (χ1v) is 8.49. The van der Waals surface area contributed by atoms with Crippen LogP contribution in [0.1, 0.15) is 24.2 Å². The van der Waals surface area contributed by atoms with Crippen LogP contribution in [0.3, 0.4) is 0 Å². The molecule has 0 radical (unpaired) electrons. The third-order valence-corrected chi connectivity index (χ3v) is 5.03. The number of ether oxygens (including phenoxy) is 1. The number of hydrogen-bond acceptors (Lipinski definition) is 5. The number of rotatable bonds is 2. The maximum Gasteiger partial charge on any atom is 0.127 e. The number of aromatic amines is 1. The summed E-state index contributed by atoms with van der Waals surface area (Å²) in [5, 5.41) is 3.37. The van der Waals surface area contributed by atoms with E-state index in [0.717, 1.165) is 69.1 Å². The molecule has 2 aromatic rings. The second kappa shape index (κ2) is 5.78. The highest BCUT2D eigenvalue weighted by atomic mass is 16.5. The number of H-pyrrole nitrogens is 1. The minimum atomic E-state index is -0.347. The van der Waals surface area contributed by atoms with E-state index in [1.807, 2.05) is 0 Å². The van der Waals surface area contributed by atoms with E-state index in [2.05, 4.69) is 34.3 Å². The summed E-state index contributed by atoms with van der Waals surface area (Å²) in [6.07, 6.45) is 1.83. The number of morpholine rings is 1. The monoisotopic (exact) mass is 315 g/mol. The fraction of sp³-hybridized carbons (Fsp3) is 0.588. The highest BCUT2D eigenvalue weighted by molar-refractivity contribution is 5.90. The van der Waals surface area contributed by atoms with Crippen molar-refractivity contribution in [3.05, 3.63) is 23.5 Å². The molecule has 4 rings (SSSR count). The number of fused-ring (bicyclic) bond motifs is 1. The summed E-state index contributed by atoms with van der Waals surface area (Å²) < 4.78 is 5.48. The van der Waals surface area contributed by atoms with Gasteiger partial charge in [0.1, 0.15) is 11.3 Å². The van der Waals surface area contributed by atoms with E-state index < -0.39 is 0 Å². The van der Waals surface area contributed by atoms with Crippen molar-refractivity contribution in [1.29, 1.82) is 0 Å². The fourth-order valence-electron chi connectivity index (χ4n) is 3.63. The van der Waals surface area contributed by atoms with Gasteiger partial charge < -0.3 is 25.7 Å². The largest absolute Gasteiger partial charge is 0.378 e. The van der Waals surface area contributed by atoms with Crippen molar-refractivity contribution >= 4 is 16.7 Å². The van der Waals surface area contributed by atoms with Gasteiger partial charge in [0.25, 0.3) is 0 Å². The van der Waals surface area contributed by atoms with Gasteiger partial charge in [0, 0.05) is 13.1 Å². The summed E-state index contributed by atoms with van der Waals surface area (Å²) >= 11 is 0. The first kappa shape index (κ1) is 14.9. The Morgan fingerprint density at radius 1 is 1.22 bits per heavy atom. The van der Waals surface area contributed by atoms with E-state index in [1.54, 1.807) is 0 Å². The van der Waals surface area contributed by atoms with E-state index >= 15 is 0 Å². The van der Waals surface area contributed by atoms with Crippen molar-refractivity contribution in [3.8, 4) is 0 Å². The number of hydrogen-bond donors (Lipinski definition) is 3. The maximum absolute atomic E-state index is 6.64. The van der Waals surface area contributed by atoms with Gasteiger partial charge in [-0.2, -0.15) is 0 Å². The first-order chi connectivity index (χ1) is 11.2. The lowest BCUT2D eigenvalue weighted by Gasteiger charge is -2.31. The molecule has 6 nitrogen and oxygen atoms in total. The molecular weight excluding hydrogens is 290 g/mol. The van der Waals surface area contributed by atoms with Crippen LogP contribution in [0.25, 0.3) is 11.0 Å². The Morgan fingerprint density at radius 2 is 1.96 bits per heavy atom. The van der Waals surface area contributed by atoms with E-state index in [9.17, 15) is 0 Å². The van der Waals surface area contributed by atoms with E-state index in [4.69, 9.17) is 15.5 Å². The van der Waals surface area contributed by atoms with Gasteiger partial charge in [-0.25, -0.2) is 4.98 Å². The SMILES string of the molecule is Cc1cc(N2CCOCC2)c2nc(C3(N)CCNCC3)[nH]c2c1. The molecule has 6 heteroatoms. The number of piperidine rings is 1. The van der Waals surface area contributed by atoms with Crippen LogP contribution in [-0.2, 0) is 10.3 Å². The van der Waals surface area contributed by atoms with Gasteiger partial charge >= 0.3 is 0 Å². The Balaban J connectivity index is 1.78. The third kappa shape index (κ3) is 2.71. The molecule has 2 aliphatic rings. The van der Waals surface area contributed by atoms with Crippen molar-refractivity contribution < 1.29 is 4.74 Å².